The molecular formula is C9H9N3OS. The summed E-state index contributed by atoms with van der Waals surface area (Å²) < 4.78 is 0. The van der Waals surface area contributed by atoms with Gasteiger partial charge in [0, 0.05) is 12.4 Å². The van der Waals surface area contributed by atoms with Gasteiger partial charge >= 0.3 is 0 Å². The Morgan fingerprint density at radius 1 is 1.57 bits per heavy atom. The van der Waals surface area contributed by atoms with Crippen LogP contribution >= 0.6 is 11.8 Å². The predicted molar refractivity (Wildman–Crippen MR) is 54.6 cm³/mol. The average molecular weight is 207 g/mol. The summed E-state index contributed by atoms with van der Waals surface area (Å²) in [5.41, 5.74) is 0. The first-order valence-electron chi connectivity index (χ1n) is 3.93. The molecule has 5 heteroatoms. The second kappa shape index (κ2) is 6.00. The molecule has 14 heavy (non-hydrogen) atoms. The van der Waals surface area contributed by atoms with Gasteiger partial charge in [-0.1, -0.05) is 17.7 Å². The van der Waals surface area contributed by atoms with Crippen molar-refractivity contribution in [2.45, 2.75) is 5.16 Å². The van der Waals surface area contributed by atoms with E-state index < -0.39 is 0 Å². The number of carbonyl (C=O) groups excluding carboxylic acids is 1. The van der Waals surface area contributed by atoms with E-state index in [1.165, 1.54) is 11.8 Å². The van der Waals surface area contributed by atoms with E-state index in [2.05, 4.69) is 21.2 Å². The average Bonchev–Trinajstić information content (AvgIpc) is 2.25. The van der Waals surface area contributed by atoms with Gasteiger partial charge in [-0.25, -0.2) is 9.97 Å². The molecule has 1 amide bonds. The van der Waals surface area contributed by atoms with Crippen molar-refractivity contribution >= 4 is 17.7 Å². The lowest BCUT2D eigenvalue weighted by Crippen LogP contribution is -2.25. The first kappa shape index (κ1) is 10.5. The van der Waals surface area contributed by atoms with Crippen LogP contribution in [0.15, 0.2) is 23.6 Å². The zero-order chi connectivity index (χ0) is 10.2. The van der Waals surface area contributed by atoms with E-state index in [0.29, 0.717) is 5.16 Å². The van der Waals surface area contributed by atoms with Gasteiger partial charge in [0.05, 0.1) is 12.3 Å². The number of aromatic nitrogens is 2. The maximum atomic E-state index is 11.1. The van der Waals surface area contributed by atoms with Gasteiger partial charge in [-0.05, 0) is 6.07 Å². The minimum atomic E-state index is -0.111. The SMILES string of the molecule is C#CCNC(=O)CSc1ncccn1. The van der Waals surface area contributed by atoms with Crippen molar-refractivity contribution in [1.82, 2.24) is 15.3 Å². The number of hydrogen-bond donors (Lipinski definition) is 1. The molecule has 0 radical (unpaired) electrons. The van der Waals surface area contributed by atoms with Crippen LogP contribution in [-0.2, 0) is 4.79 Å². The Hall–Kier alpha value is -1.54. The molecule has 0 saturated heterocycles. The van der Waals surface area contributed by atoms with Gasteiger partial charge < -0.3 is 5.32 Å². The molecule has 4 nitrogen and oxygen atoms in total. The molecule has 1 N–H and O–H groups in total. The molecule has 0 spiro atoms. The molecule has 0 saturated carbocycles. The van der Waals surface area contributed by atoms with E-state index >= 15 is 0 Å². The highest BCUT2D eigenvalue weighted by Crippen LogP contribution is 2.09. The van der Waals surface area contributed by atoms with Gasteiger partial charge in [0.1, 0.15) is 0 Å². The summed E-state index contributed by atoms with van der Waals surface area (Å²) in [5, 5.41) is 3.14. The van der Waals surface area contributed by atoms with Crippen molar-refractivity contribution in [3.05, 3.63) is 18.5 Å². The van der Waals surface area contributed by atoms with Crippen molar-refractivity contribution in [3.63, 3.8) is 0 Å². The first-order valence-corrected chi connectivity index (χ1v) is 4.91. The van der Waals surface area contributed by atoms with Crippen LogP contribution in [0.2, 0.25) is 0 Å². The quantitative estimate of drug-likeness (QED) is 0.439. The Labute approximate surface area is 86.5 Å². The van der Waals surface area contributed by atoms with Gasteiger partial charge in [0.2, 0.25) is 5.91 Å². The van der Waals surface area contributed by atoms with E-state index in [4.69, 9.17) is 6.42 Å². The lowest BCUT2D eigenvalue weighted by Gasteiger charge is -1.99. The van der Waals surface area contributed by atoms with Gasteiger partial charge in [-0.3, -0.25) is 4.79 Å². The smallest absolute Gasteiger partial charge is 0.231 e. The molecule has 0 aromatic carbocycles. The molecule has 0 atom stereocenters. The molecule has 72 valence electrons. The number of terminal acetylenes is 1. The zero-order valence-corrected chi connectivity index (χ0v) is 8.25. The van der Waals surface area contributed by atoms with Gasteiger partial charge in [-0.15, -0.1) is 6.42 Å². The largest absolute Gasteiger partial charge is 0.344 e. The molecular weight excluding hydrogens is 198 g/mol. The minimum Gasteiger partial charge on any atom is -0.344 e. The topological polar surface area (TPSA) is 54.9 Å². The van der Waals surface area contributed by atoms with E-state index in [1.54, 1.807) is 18.5 Å². The van der Waals surface area contributed by atoms with E-state index in [0.717, 1.165) is 0 Å². The Bertz CT molecular complexity index is 334. The minimum absolute atomic E-state index is 0.111. The number of thioether (sulfide) groups is 1. The summed E-state index contributed by atoms with van der Waals surface area (Å²) in [4.78, 5) is 19.0. The first-order chi connectivity index (χ1) is 6.83. The fourth-order valence-corrected chi connectivity index (χ4v) is 1.32. The Balaban J connectivity index is 2.28. The monoisotopic (exact) mass is 207 g/mol. The standard InChI is InChI=1S/C9H9N3OS/c1-2-4-10-8(13)7-14-9-11-5-3-6-12-9/h1,3,5-6H,4,7H2,(H,10,13). The van der Waals surface area contributed by atoms with Gasteiger partial charge in [-0.2, -0.15) is 0 Å². The van der Waals surface area contributed by atoms with Crippen LogP contribution < -0.4 is 5.32 Å². The van der Waals surface area contributed by atoms with Crippen LogP contribution in [0.5, 0.6) is 0 Å². The second-order valence-corrected chi connectivity index (χ2v) is 3.24. The molecule has 0 bridgehead atoms. The number of nitrogens with one attached hydrogen (secondary N) is 1. The molecule has 0 fully saturated rings. The molecule has 1 aromatic rings. The number of amides is 1. The zero-order valence-electron chi connectivity index (χ0n) is 7.43. The summed E-state index contributed by atoms with van der Waals surface area (Å²) >= 11 is 1.28. The fourth-order valence-electron chi connectivity index (χ4n) is 0.691. The summed E-state index contributed by atoms with van der Waals surface area (Å²) in [6.45, 7) is 0.259. The van der Waals surface area contributed by atoms with Crippen molar-refractivity contribution < 1.29 is 4.79 Å². The van der Waals surface area contributed by atoms with E-state index in [-0.39, 0.29) is 18.2 Å². The third-order valence-electron chi connectivity index (χ3n) is 1.26. The fraction of sp³-hybridized carbons (Fsp3) is 0.222. The summed E-state index contributed by atoms with van der Waals surface area (Å²) in [5.74, 6) is 2.50. The van der Waals surface area contributed by atoms with Crippen molar-refractivity contribution in [3.8, 4) is 12.3 Å². The van der Waals surface area contributed by atoms with Gasteiger partial charge in [0.15, 0.2) is 5.16 Å². The molecule has 0 aliphatic rings. The molecule has 0 aliphatic carbocycles. The Morgan fingerprint density at radius 3 is 2.93 bits per heavy atom. The molecule has 0 unspecified atom stereocenters. The highest BCUT2D eigenvalue weighted by molar-refractivity contribution is 7.99. The van der Waals surface area contributed by atoms with Crippen LogP contribution in [0.25, 0.3) is 0 Å². The third kappa shape index (κ3) is 3.92. The Morgan fingerprint density at radius 2 is 2.29 bits per heavy atom. The third-order valence-corrected chi connectivity index (χ3v) is 2.14. The lowest BCUT2D eigenvalue weighted by atomic mass is 10.6. The van der Waals surface area contributed by atoms with Crippen molar-refractivity contribution in [2.24, 2.45) is 0 Å². The molecule has 1 heterocycles. The normalized spacial score (nSPS) is 9.07. The van der Waals surface area contributed by atoms with E-state index in [9.17, 15) is 4.79 Å². The highest BCUT2D eigenvalue weighted by atomic mass is 32.2. The predicted octanol–water partition coefficient (Wildman–Crippen LogP) is 0.318. The second-order valence-electron chi connectivity index (χ2n) is 2.30. The Kier molecular flexibility index (Phi) is 4.51. The van der Waals surface area contributed by atoms with E-state index in [1.807, 2.05) is 0 Å². The molecule has 1 rings (SSSR count). The van der Waals surface area contributed by atoms with Crippen LogP contribution in [0, 0.1) is 12.3 Å². The number of nitrogens with zero attached hydrogens (tertiary/aromatic N) is 2. The summed E-state index contributed by atoms with van der Waals surface area (Å²) in [6.07, 6.45) is 8.26. The van der Waals surface area contributed by atoms with Crippen LogP contribution in [0.3, 0.4) is 0 Å². The van der Waals surface area contributed by atoms with Crippen molar-refractivity contribution in [2.75, 3.05) is 12.3 Å². The molecule has 0 aliphatic heterocycles. The summed E-state index contributed by atoms with van der Waals surface area (Å²) in [6, 6.07) is 1.72. The maximum Gasteiger partial charge on any atom is 0.231 e. The maximum absolute atomic E-state index is 11.1. The molecule has 1 aromatic heterocycles. The number of hydrogen-bond acceptors (Lipinski definition) is 4. The van der Waals surface area contributed by atoms with Crippen LogP contribution in [0.4, 0.5) is 0 Å². The van der Waals surface area contributed by atoms with Crippen LogP contribution in [0.1, 0.15) is 0 Å². The summed E-state index contributed by atoms with van der Waals surface area (Å²) in [7, 11) is 0. The number of rotatable bonds is 4. The lowest BCUT2D eigenvalue weighted by molar-refractivity contribution is -0.118. The number of carbonyl (C=O) groups is 1. The highest BCUT2D eigenvalue weighted by Gasteiger charge is 2.02. The van der Waals surface area contributed by atoms with Gasteiger partial charge in [0.25, 0.3) is 0 Å². The van der Waals surface area contributed by atoms with Crippen LogP contribution in [-0.4, -0.2) is 28.2 Å². The van der Waals surface area contributed by atoms with Crippen molar-refractivity contribution in [1.29, 1.82) is 0 Å².